The van der Waals surface area contributed by atoms with Gasteiger partial charge in [0.15, 0.2) is 0 Å². The number of phosphoric acid groups is 1. The van der Waals surface area contributed by atoms with E-state index in [1.165, 1.54) is 0 Å². The highest BCUT2D eigenvalue weighted by Gasteiger charge is 2.55. The van der Waals surface area contributed by atoms with Gasteiger partial charge in [-0.1, -0.05) is 0 Å². The number of ether oxygens (including phenoxy) is 2. The van der Waals surface area contributed by atoms with Gasteiger partial charge in [0.2, 0.25) is 0 Å². The van der Waals surface area contributed by atoms with E-state index in [1.54, 1.807) is 0 Å². The first kappa shape index (κ1) is 19.1. The summed E-state index contributed by atoms with van der Waals surface area (Å²) in [6.45, 7) is -1.36. The van der Waals surface area contributed by atoms with Crippen LogP contribution in [0.2, 0.25) is 0 Å². The fourth-order valence-electron chi connectivity index (χ4n) is 2.33. The standard InChI is InChI=1S/C10H19O12P/c11-3-7-5(13)1-9(15,19-7)21-23(17,18)22-10(16)2-6(14)8(4-12)20-10/h5-8,11-16H,1-4H2,(H,17,18)/t5-,6-,7+,8+,9-,10-/m0/s1. The molecule has 2 aliphatic heterocycles. The Morgan fingerprint density at radius 3 is 1.57 bits per heavy atom. The lowest BCUT2D eigenvalue weighted by molar-refractivity contribution is -0.342. The fraction of sp³-hybridized carbons (Fsp3) is 1.00. The first-order chi connectivity index (χ1) is 10.5. The SMILES string of the molecule is O=P(O)(O[C@]1(O)C[C@H](O)[C@@H](CO)O1)O[C@]1(O)C[C@H](O)[C@@H](CO)O1. The normalized spacial score (nSPS) is 44.8. The van der Waals surface area contributed by atoms with Crippen molar-refractivity contribution in [3.8, 4) is 0 Å². The van der Waals surface area contributed by atoms with E-state index in [4.69, 9.17) is 19.7 Å². The number of aliphatic hydroxyl groups is 6. The molecule has 2 rings (SSSR count). The van der Waals surface area contributed by atoms with Crippen molar-refractivity contribution in [1.82, 2.24) is 0 Å². The van der Waals surface area contributed by atoms with Gasteiger partial charge in [0, 0.05) is 0 Å². The Morgan fingerprint density at radius 2 is 1.30 bits per heavy atom. The maximum Gasteiger partial charge on any atom is 0.480 e. The Balaban J connectivity index is 2.01. The Hall–Kier alpha value is -0.210. The first-order valence-corrected chi connectivity index (χ1v) is 8.13. The molecule has 0 aliphatic carbocycles. The number of hydrogen-bond acceptors (Lipinski definition) is 11. The van der Waals surface area contributed by atoms with Gasteiger partial charge in [-0.25, -0.2) is 13.6 Å². The third-order valence-electron chi connectivity index (χ3n) is 3.34. The van der Waals surface area contributed by atoms with E-state index in [2.05, 4.69) is 9.05 Å². The molecule has 0 saturated carbocycles. The van der Waals surface area contributed by atoms with Crippen molar-refractivity contribution in [3.63, 3.8) is 0 Å². The Bertz CT molecular complexity index is 437. The number of phosphoric ester groups is 1. The highest BCUT2D eigenvalue weighted by molar-refractivity contribution is 7.47. The van der Waals surface area contributed by atoms with Crippen LogP contribution in [0.25, 0.3) is 0 Å². The van der Waals surface area contributed by atoms with Crippen LogP contribution in [0.1, 0.15) is 12.8 Å². The lowest BCUT2D eigenvalue weighted by Gasteiger charge is -2.28. The molecular formula is C10H19O12P. The number of aliphatic hydroxyl groups excluding tert-OH is 4. The molecule has 0 aromatic rings. The van der Waals surface area contributed by atoms with Gasteiger partial charge in [-0.05, 0) is 0 Å². The van der Waals surface area contributed by atoms with Crippen LogP contribution >= 0.6 is 7.82 Å². The molecular weight excluding hydrogens is 343 g/mol. The molecule has 0 radical (unpaired) electrons. The Labute approximate surface area is 130 Å². The molecule has 6 atom stereocenters. The van der Waals surface area contributed by atoms with Crippen LogP contribution in [-0.4, -0.2) is 85.1 Å². The van der Waals surface area contributed by atoms with Crippen molar-refractivity contribution in [2.75, 3.05) is 13.2 Å². The molecule has 2 aliphatic rings. The van der Waals surface area contributed by atoms with Crippen molar-refractivity contribution in [2.24, 2.45) is 0 Å². The Morgan fingerprint density at radius 1 is 0.957 bits per heavy atom. The predicted molar refractivity (Wildman–Crippen MR) is 67.1 cm³/mol. The second-order valence-electron chi connectivity index (χ2n) is 5.30. The second kappa shape index (κ2) is 6.59. The van der Waals surface area contributed by atoms with E-state index >= 15 is 0 Å². The summed E-state index contributed by atoms with van der Waals surface area (Å²) in [5, 5.41) is 56.5. The lowest BCUT2D eigenvalue weighted by atomic mass is 10.2. The summed E-state index contributed by atoms with van der Waals surface area (Å²) in [6.07, 6.45) is -6.54. The van der Waals surface area contributed by atoms with Crippen molar-refractivity contribution in [3.05, 3.63) is 0 Å². The summed E-state index contributed by atoms with van der Waals surface area (Å²) in [5.74, 6) is -5.47. The van der Waals surface area contributed by atoms with Gasteiger partial charge in [-0.15, -0.1) is 0 Å². The monoisotopic (exact) mass is 362 g/mol. The van der Waals surface area contributed by atoms with Crippen LogP contribution in [0.5, 0.6) is 0 Å². The van der Waals surface area contributed by atoms with Gasteiger partial charge in [0.05, 0.1) is 38.3 Å². The molecule has 2 fully saturated rings. The average molecular weight is 362 g/mol. The minimum Gasteiger partial charge on any atom is -0.394 e. The van der Waals surface area contributed by atoms with E-state index < -0.39 is 70.2 Å². The van der Waals surface area contributed by atoms with Crippen LogP contribution in [0.3, 0.4) is 0 Å². The molecule has 0 spiro atoms. The van der Waals surface area contributed by atoms with E-state index in [-0.39, 0.29) is 0 Å². The van der Waals surface area contributed by atoms with Crippen LogP contribution in [0.4, 0.5) is 0 Å². The van der Waals surface area contributed by atoms with Crippen molar-refractivity contribution >= 4 is 7.82 Å². The van der Waals surface area contributed by atoms with Gasteiger partial charge in [0.25, 0.3) is 11.9 Å². The average Bonchev–Trinajstić information content (AvgIpc) is 2.83. The molecule has 7 N–H and O–H groups in total. The number of rotatable bonds is 6. The summed E-state index contributed by atoms with van der Waals surface area (Å²) < 4.78 is 30.1. The molecule has 0 aromatic carbocycles. The first-order valence-electron chi connectivity index (χ1n) is 6.64. The summed E-state index contributed by atoms with van der Waals surface area (Å²) in [6, 6.07) is 0. The molecule has 136 valence electrons. The summed E-state index contributed by atoms with van der Waals surface area (Å²) >= 11 is 0. The van der Waals surface area contributed by atoms with E-state index in [0.29, 0.717) is 0 Å². The smallest absolute Gasteiger partial charge is 0.394 e. The van der Waals surface area contributed by atoms with Crippen LogP contribution < -0.4 is 0 Å². The lowest BCUT2D eigenvalue weighted by Crippen LogP contribution is -2.36. The zero-order valence-electron chi connectivity index (χ0n) is 11.8. The third-order valence-corrected chi connectivity index (χ3v) is 4.37. The summed E-state index contributed by atoms with van der Waals surface area (Å²) in [4.78, 5) is 9.60. The van der Waals surface area contributed by atoms with Gasteiger partial charge < -0.3 is 45.0 Å². The minimum absolute atomic E-state index is 0.659. The van der Waals surface area contributed by atoms with Crippen molar-refractivity contribution < 1.29 is 58.6 Å². The zero-order valence-corrected chi connectivity index (χ0v) is 12.7. The van der Waals surface area contributed by atoms with Gasteiger partial charge in [-0.2, -0.15) is 0 Å². The van der Waals surface area contributed by atoms with Crippen LogP contribution in [-0.2, 0) is 23.1 Å². The third kappa shape index (κ3) is 4.45. The van der Waals surface area contributed by atoms with Crippen LogP contribution in [0.15, 0.2) is 0 Å². The van der Waals surface area contributed by atoms with Gasteiger partial charge >= 0.3 is 7.82 Å². The molecule has 0 amide bonds. The molecule has 12 nitrogen and oxygen atoms in total. The molecule has 23 heavy (non-hydrogen) atoms. The van der Waals surface area contributed by atoms with Crippen LogP contribution in [0, 0.1) is 0 Å². The van der Waals surface area contributed by atoms with Crippen molar-refractivity contribution in [1.29, 1.82) is 0 Å². The Kier molecular flexibility index (Phi) is 5.48. The molecule has 0 aromatic heterocycles. The number of hydrogen-bond donors (Lipinski definition) is 7. The van der Waals surface area contributed by atoms with Gasteiger partial charge in [-0.3, -0.25) is 0 Å². The fourth-order valence-corrected chi connectivity index (χ4v) is 3.33. The second-order valence-corrected chi connectivity index (χ2v) is 6.60. The maximum atomic E-state index is 11.9. The van der Waals surface area contributed by atoms with E-state index in [9.17, 15) is 29.9 Å². The highest BCUT2D eigenvalue weighted by atomic mass is 31.2. The molecule has 0 unspecified atom stereocenters. The highest BCUT2D eigenvalue weighted by Crippen LogP contribution is 2.54. The zero-order chi connectivity index (χ0) is 17.5. The van der Waals surface area contributed by atoms with E-state index in [1.807, 2.05) is 0 Å². The molecule has 2 saturated heterocycles. The predicted octanol–water partition coefficient (Wildman–Crippen LogP) is -3.30. The minimum atomic E-state index is -5.18. The molecule has 0 bridgehead atoms. The van der Waals surface area contributed by atoms with Gasteiger partial charge in [0.1, 0.15) is 12.2 Å². The molecule has 13 heteroatoms. The molecule has 2 heterocycles. The maximum absolute atomic E-state index is 11.9. The topological polar surface area (TPSA) is 196 Å². The van der Waals surface area contributed by atoms with Crippen molar-refractivity contribution in [2.45, 2.75) is 49.2 Å². The largest absolute Gasteiger partial charge is 0.480 e. The quantitative estimate of drug-likeness (QED) is 0.184. The summed E-state index contributed by atoms with van der Waals surface area (Å²) in [5.41, 5.74) is 0. The summed E-state index contributed by atoms with van der Waals surface area (Å²) in [7, 11) is -5.18. The van der Waals surface area contributed by atoms with E-state index in [0.717, 1.165) is 0 Å².